The van der Waals surface area contributed by atoms with Gasteiger partial charge >= 0.3 is 11.9 Å². The van der Waals surface area contributed by atoms with Crippen molar-refractivity contribution in [3.63, 3.8) is 0 Å². The molecule has 0 aliphatic carbocycles. The Balaban J connectivity index is 2.32. The number of unbranched alkanes of at least 4 members (excludes halogenated alkanes) is 1. The SMILES string of the molecule is C=C(C)C(=O)OCCCCOC(=O)c1cc(I)c(O)c(I)c1. The van der Waals surface area contributed by atoms with Gasteiger partial charge in [0.1, 0.15) is 5.75 Å². The maximum absolute atomic E-state index is 11.9. The van der Waals surface area contributed by atoms with Crippen LogP contribution < -0.4 is 0 Å². The van der Waals surface area contributed by atoms with E-state index in [-0.39, 0.29) is 19.0 Å². The third kappa shape index (κ3) is 6.11. The van der Waals surface area contributed by atoms with Crippen LogP contribution >= 0.6 is 45.2 Å². The van der Waals surface area contributed by atoms with Crippen molar-refractivity contribution in [2.24, 2.45) is 0 Å². The van der Waals surface area contributed by atoms with Gasteiger partial charge in [-0.25, -0.2) is 9.59 Å². The van der Waals surface area contributed by atoms with Gasteiger partial charge < -0.3 is 14.6 Å². The number of ether oxygens (including phenoxy) is 2. The van der Waals surface area contributed by atoms with Gasteiger partial charge in [-0.1, -0.05) is 6.58 Å². The molecule has 1 aromatic carbocycles. The van der Waals surface area contributed by atoms with Crippen LogP contribution in [0.4, 0.5) is 0 Å². The minimum atomic E-state index is -0.435. The average Bonchev–Trinajstić information content (AvgIpc) is 2.47. The maximum atomic E-state index is 11.9. The summed E-state index contributed by atoms with van der Waals surface area (Å²) < 4.78 is 11.3. The first-order chi connectivity index (χ1) is 10.3. The number of hydrogen-bond acceptors (Lipinski definition) is 5. The molecule has 1 N–H and O–H groups in total. The van der Waals surface area contributed by atoms with E-state index in [4.69, 9.17) is 9.47 Å². The molecule has 0 saturated heterocycles. The number of aromatic hydroxyl groups is 1. The lowest BCUT2D eigenvalue weighted by Crippen LogP contribution is -2.09. The van der Waals surface area contributed by atoms with Gasteiger partial charge in [-0.3, -0.25) is 0 Å². The Hall–Kier alpha value is -0.840. The number of benzene rings is 1. The molecule has 0 radical (unpaired) electrons. The lowest BCUT2D eigenvalue weighted by atomic mass is 10.2. The summed E-state index contributed by atoms with van der Waals surface area (Å²) in [5.41, 5.74) is 0.767. The van der Waals surface area contributed by atoms with E-state index in [0.717, 1.165) is 0 Å². The van der Waals surface area contributed by atoms with Crippen molar-refractivity contribution >= 4 is 57.1 Å². The number of esters is 2. The lowest BCUT2D eigenvalue weighted by Gasteiger charge is -2.08. The van der Waals surface area contributed by atoms with E-state index in [1.807, 2.05) is 45.2 Å². The monoisotopic (exact) mass is 530 g/mol. The molecular weight excluding hydrogens is 514 g/mol. The zero-order chi connectivity index (χ0) is 16.7. The summed E-state index contributed by atoms with van der Waals surface area (Å²) in [6.45, 7) is 5.60. The van der Waals surface area contributed by atoms with Gasteiger partial charge in [0, 0.05) is 5.57 Å². The summed E-state index contributed by atoms with van der Waals surface area (Å²) in [6, 6.07) is 3.16. The Kier molecular flexibility index (Phi) is 8.15. The quantitative estimate of drug-likeness (QED) is 0.252. The van der Waals surface area contributed by atoms with Gasteiger partial charge in [-0.2, -0.15) is 0 Å². The Morgan fingerprint density at radius 3 is 2.14 bits per heavy atom. The number of halogens is 2. The number of hydrogen-bond donors (Lipinski definition) is 1. The number of rotatable bonds is 7. The smallest absolute Gasteiger partial charge is 0.338 e. The molecule has 22 heavy (non-hydrogen) atoms. The Morgan fingerprint density at radius 1 is 1.14 bits per heavy atom. The first-order valence-electron chi connectivity index (χ1n) is 6.50. The zero-order valence-electron chi connectivity index (χ0n) is 12.0. The molecule has 7 heteroatoms. The van der Waals surface area contributed by atoms with Crippen LogP contribution in [-0.4, -0.2) is 30.3 Å². The van der Waals surface area contributed by atoms with E-state index in [1.54, 1.807) is 19.1 Å². The zero-order valence-corrected chi connectivity index (χ0v) is 16.3. The lowest BCUT2D eigenvalue weighted by molar-refractivity contribution is -0.139. The van der Waals surface area contributed by atoms with Crippen LogP contribution in [0.2, 0.25) is 0 Å². The van der Waals surface area contributed by atoms with Crippen LogP contribution in [0.1, 0.15) is 30.1 Å². The van der Waals surface area contributed by atoms with Crippen molar-refractivity contribution in [1.29, 1.82) is 0 Å². The first kappa shape index (κ1) is 19.2. The molecule has 0 saturated carbocycles. The molecule has 0 bridgehead atoms. The Morgan fingerprint density at radius 2 is 1.64 bits per heavy atom. The van der Waals surface area contributed by atoms with Crippen LogP contribution in [0, 0.1) is 7.14 Å². The van der Waals surface area contributed by atoms with Gasteiger partial charge in [0.05, 0.1) is 25.9 Å². The van der Waals surface area contributed by atoms with E-state index in [2.05, 4.69) is 6.58 Å². The van der Waals surface area contributed by atoms with Crippen LogP contribution in [0.3, 0.4) is 0 Å². The molecule has 0 amide bonds. The highest BCUT2D eigenvalue weighted by atomic mass is 127. The van der Waals surface area contributed by atoms with E-state index in [9.17, 15) is 14.7 Å². The molecule has 5 nitrogen and oxygen atoms in total. The predicted molar refractivity (Wildman–Crippen MR) is 98.8 cm³/mol. The highest BCUT2D eigenvalue weighted by molar-refractivity contribution is 14.1. The molecule has 0 unspecified atom stereocenters. The van der Waals surface area contributed by atoms with E-state index < -0.39 is 11.9 Å². The maximum Gasteiger partial charge on any atom is 0.338 e. The molecule has 120 valence electrons. The van der Waals surface area contributed by atoms with Crippen LogP contribution in [-0.2, 0) is 14.3 Å². The third-order valence-electron chi connectivity index (χ3n) is 2.61. The van der Waals surface area contributed by atoms with Crippen molar-refractivity contribution in [1.82, 2.24) is 0 Å². The number of carbonyl (C=O) groups is 2. The average molecular weight is 530 g/mol. The van der Waals surface area contributed by atoms with Crippen molar-refractivity contribution in [2.45, 2.75) is 19.8 Å². The molecule has 0 aliphatic rings. The molecule has 0 fully saturated rings. The second-order valence-electron chi connectivity index (χ2n) is 4.55. The summed E-state index contributed by atoms with van der Waals surface area (Å²) >= 11 is 3.92. The number of carbonyl (C=O) groups excluding carboxylic acids is 2. The fourth-order valence-electron chi connectivity index (χ4n) is 1.42. The summed E-state index contributed by atoms with van der Waals surface area (Å²) in [7, 11) is 0. The van der Waals surface area contributed by atoms with E-state index >= 15 is 0 Å². The molecule has 0 aromatic heterocycles. The van der Waals surface area contributed by atoms with Gasteiger partial charge in [-0.15, -0.1) is 0 Å². The van der Waals surface area contributed by atoms with Gasteiger partial charge in [0.25, 0.3) is 0 Å². The molecule has 0 aliphatic heterocycles. The van der Waals surface area contributed by atoms with Crippen molar-refractivity contribution in [3.05, 3.63) is 37.0 Å². The summed E-state index contributed by atoms with van der Waals surface area (Å²) in [5.74, 6) is -0.683. The predicted octanol–water partition coefficient (Wildman–Crippen LogP) is 3.66. The first-order valence-corrected chi connectivity index (χ1v) is 8.66. The van der Waals surface area contributed by atoms with Gasteiger partial charge in [-0.05, 0) is 77.1 Å². The second kappa shape index (κ2) is 9.33. The van der Waals surface area contributed by atoms with Crippen molar-refractivity contribution < 1.29 is 24.2 Å². The van der Waals surface area contributed by atoms with E-state index in [1.165, 1.54) is 0 Å². The number of phenols is 1. The molecular formula is C15H16I2O5. The Bertz CT molecular complexity index is 560. The van der Waals surface area contributed by atoms with E-state index in [0.29, 0.717) is 31.1 Å². The molecule has 1 aromatic rings. The summed E-state index contributed by atoms with van der Waals surface area (Å²) in [6.07, 6.45) is 1.21. The second-order valence-corrected chi connectivity index (χ2v) is 6.87. The highest BCUT2D eigenvalue weighted by Gasteiger charge is 2.12. The molecule has 0 spiro atoms. The third-order valence-corrected chi connectivity index (χ3v) is 4.25. The van der Waals surface area contributed by atoms with Crippen LogP contribution in [0.5, 0.6) is 5.75 Å². The van der Waals surface area contributed by atoms with Crippen LogP contribution in [0.25, 0.3) is 0 Å². The normalized spacial score (nSPS) is 10.1. The topological polar surface area (TPSA) is 72.8 Å². The largest absolute Gasteiger partial charge is 0.506 e. The molecule has 0 heterocycles. The minimum Gasteiger partial charge on any atom is -0.506 e. The summed E-state index contributed by atoms with van der Waals surface area (Å²) in [5, 5.41) is 9.65. The highest BCUT2D eigenvalue weighted by Crippen LogP contribution is 2.27. The van der Waals surface area contributed by atoms with Crippen molar-refractivity contribution in [2.75, 3.05) is 13.2 Å². The van der Waals surface area contributed by atoms with Gasteiger partial charge in [0.15, 0.2) is 0 Å². The standard InChI is InChI=1S/C15H16I2O5/c1-9(2)14(19)21-5-3-4-6-22-15(20)10-7-11(16)13(18)12(17)8-10/h7-8,18H,1,3-6H2,2H3. The Labute approximate surface area is 156 Å². The van der Waals surface area contributed by atoms with Gasteiger partial charge in [0.2, 0.25) is 0 Å². The fraction of sp³-hybridized carbons (Fsp3) is 0.333. The van der Waals surface area contributed by atoms with Crippen molar-refractivity contribution in [3.8, 4) is 5.75 Å². The number of phenolic OH excluding ortho intramolecular Hbond substituents is 1. The van der Waals surface area contributed by atoms with Crippen LogP contribution in [0.15, 0.2) is 24.3 Å². The molecule has 0 atom stereocenters. The molecule has 1 rings (SSSR count). The minimum absolute atomic E-state index is 0.164. The fourth-order valence-corrected chi connectivity index (χ4v) is 3.19. The summed E-state index contributed by atoms with van der Waals surface area (Å²) in [4.78, 5) is 23.0.